The SMILES string of the molecule is CN1C(OC[C@@]23CCCN2C[C@H](F)C3)=Nc2c(cc(C(F)(F)F)c(-c3ccc(F)c4sc(N)c(C#N)c34)c2F)C1N1C[C@H]2CC[C@@](C=C(F)F)(C1)N2. The molecule has 2 aromatic carbocycles. The minimum atomic E-state index is -5.15. The fraction of sp³-hybridized carbons (Fsp3) is 0.486. The van der Waals surface area contributed by atoms with E-state index in [2.05, 4.69) is 10.3 Å². The standard InChI is InChI=1S/C35H33F8N7OS/c1-48-31(49-14-18-5-7-33(15-49,47-18)11-24(38)39)20-9-22(35(41,42)43)26(19-3-4-23(37)29-25(19)21(12-44)30(45)52-29)27(40)28(20)46-32(48)51-16-34-6-2-8-50(34)13-17(36)10-34/h3-4,9,11,17-18,31,47H,2,5-8,10,13-16,45H2,1H3/t17-,18-,31?,33-,34+/m1/s1. The van der Waals surface area contributed by atoms with E-state index in [0.29, 0.717) is 37.1 Å². The molecule has 5 atom stereocenters. The summed E-state index contributed by atoms with van der Waals surface area (Å²) in [4.78, 5) is 9.67. The summed E-state index contributed by atoms with van der Waals surface area (Å²) in [5, 5.41) is 12.7. The number of anilines is 1. The Balaban J connectivity index is 1.32. The number of nitrogen functional groups attached to an aromatic ring is 1. The predicted molar refractivity (Wildman–Crippen MR) is 179 cm³/mol. The van der Waals surface area contributed by atoms with Crippen molar-refractivity contribution in [3.8, 4) is 17.2 Å². The van der Waals surface area contributed by atoms with E-state index in [-0.39, 0.29) is 70.9 Å². The van der Waals surface area contributed by atoms with Crippen molar-refractivity contribution in [2.24, 2.45) is 4.99 Å². The molecule has 0 spiro atoms. The molecule has 0 amide bonds. The molecule has 1 unspecified atom stereocenters. The number of nitriles is 1. The summed E-state index contributed by atoms with van der Waals surface area (Å²) in [5.74, 6) is -2.23. The molecular weight excluding hydrogens is 718 g/mol. The van der Waals surface area contributed by atoms with Crippen molar-refractivity contribution < 1.29 is 39.9 Å². The highest BCUT2D eigenvalue weighted by molar-refractivity contribution is 7.23. The van der Waals surface area contributed by atoms with Gasteiger partial charge in [0.15, 0.2) is 5.82 Å². The zero-order valence-corrected chi connectivity index (χ0v) is 28.6. The van der Waals surface area contributed by atoms with E-state index in [1.807, 2.05) is 11.0 Å². The number of benzene rings is 2. The van der Waals surface area contributed by atoms with Crippen LogP contribution in [0.5, 0.6) is 0 Å². The second kappa shape index (κ2) is 12.3. The lowest BCUT2D eigenvalue weighted by Gasteiger charge is -2.48. The number of hydrogen-bond acceptors (Lipinski definition) is 9. The molecule has 8 rings (SSSR count). The number of ether oxygens (including phenoxy) is 1. The summed E-state index contributed by atoms with van der Waals surface area (Å²) in [5.41, 5.74) is 0.441. The molecule has 0 aliphatic carbocycles. The maximum absolute atomic E-state index is 17.3. The molecule has 4 fully saturated rings. The van der Waals surface area contributed by atoms with E-state index in [1.54, 1.807) is 4.90 Å². The van der Waals surface area contributed by atoms with E-state index in [0.717, 1.165) is 30.7 Å². The Labute approximate surface area is 297 Å². The van der Waals surface area contributed by atoms with Crippen molar-refractivity contribution in [3.05, 3.63) is 58.7 Å². The first-order valence-electron chi connectivity index (χ1n) is 16.9. The van der Waals surface area contributed by atoms with Crippen LogP contribution in [-0.4, -0.2) is 83.8 Å². The lowest BCUT2D eigenvalue weighted by atomic mass is 9.89. The molecule has 52 heavy (non-hydrogen) atoms. The van der Waals surface area contributed by atoms with Crippen molar-refractivity contribution >= 4 is 38.1 Å². The topological polar surface area (TPSA) is 93.1 Å². The number of aliphatic imine (C=N–C) groups is 1. The summed E-state index contributed by atoms with van der Waals surface area (Å²) >= 11 is 0.663. The molecule has 276 valence electrons. The van der Waals surface area contributed by atoms with E-state index >= 15 is 17.6 Å². The van der Waals surface area contributed by atoms with Gasteiger partial charge in [-0.05, 0) is 49.9 Å². The van der Waals surface area contributed by atoms with Gasteiger partial charge in [-0.3, -0.25) is 9.80 Å². The Morgan fingerprint density at radius 1 is 1.23 bits per heavy atom. The maximum Gasteiger partial charge on any atom is 0.417 e. The Morgan fingerprint density at radius 2 is 2.02 bits per heavy atom. The van der Waals surface area contributed by atoms with E-state index < -0.39 is 69.7 Å². The highest BCUT2D eigenvalue weighted by atomic mass is 32.1. The molecule has 8 nitrogen and oxygen atoms in total. The fourth-order valence-electron chi connectivity index (χ4n) is 9.19. The molecule has 3 aromatic rings. The molecule has 0 radical (unpaired) electrons. The van der Waals surface area contributed by atoms with Crippen molar-refractivity contribution in [1.82, 2.24) is 20.0 Å². The van der Waals surface area contributed by atoms with E-state index in [9.17, 15) is 22.8 Å². The average Bonchev–Trinajstić information content (AvgIpc) is 3.78. The molecule has 4 saturated heterocycles. The summed E-state index contributed by atoms with van der Waals surface area (Å²) in [6.45, 7) is 1.07. The van der Waals surface area contributed by atoms with Crippen LogP contribution in [0.4, 0.5) is 45.8 Å². The van der Waals surface area contributed by atoms with E-state index in [1.165, 1.54) is 11.9 Å². The third-order valence-electron chi connectivity index (χ3n) is 11.3. The van der Waals surface area contributed by atoms with E-state index in [4.69, 9.17) is 10.5 Å². The highest BCUT2D eigenvalue weighted by Crippen LogP contribution is 2.52. The summed E-state index contributed by atoms with van der Waals surface area (Å²) < 4.78 is 126. The molecule has 0 saturated carbocycles. The van der Waals surface area contributed by atoms with Gasteiger partial charge in [0.05, 0.1) is 26.9 Å². The van der Waals surface area contributed by atoms with Gasteiger partial charge in [-0.2, -0.15) is 32.2 Å². The van der Waals surface area contributed by atoms with Gasteiger partial charge in [-0.15, -0.1) is 11.3 Å². The molecule has 2 bridgehead atoms. The number of amidine groups is 1. The molecule has 3 N–H and O–H groups in total. The van der Waals surface area contributed by atoms with Crippen molar-refractivity contribution in [2.75, 3.05) is 45.6 Å². The second-order valence-corrected chi connectivity index (χ2v) is 15.5. The number of piperazine rings is 1. The Bertz CT molecular complexity index is 2080. The lowest BCUT2D eigenvalue weighted by molar-refractivity contribution is -0.137. The van der Waals surface area contributed by atoms with Gasteiger partial charge in [0, 0.05) is 61.7 Å². The van der Waals surface area contributed by atoms with Crippen molar-refractivity contribution in [2.45, 2.75) is 67.7 Å². The van der Waals surface area contributed by atoms with Crippen LogP contribution >= 0.6 is 11.3 Å². The number of nitrogens with one attached hydrogen (secondary N) is 1. The Morgan fingerprint density at radius 3 is 2.75 bits per heavy atom. The fourth-order valence-corrected chi connectivity index (χ4v) is 10.1. The zero-order valence-electron chi connectivity index (χ0n) is 27.8. The maximum atomic E-state index is 17.3. The van der Waals surface area contributed by atoms with Gasteiger partial charge in [0.25, 0.3) is 12.1 Å². The molecule has 5 aliphatic rings. The summed E-state index contributed by atoms with van der Waals surface area (Å²) in [7, 11) is 1.53. The Kier molecular flexibility index (Phi) is 8.29. The minimum absolute atomic E-state index is 0.0179. The van der Waals surface area contributed by atoms with Crippen molar-refractivity contribution in [1.29, 1.82) is 5.26 Å². The molecule has 6 heterocycles. The Hall–Kier alpha value is -3.98. The highest BCUT2D eigenvalue weighted by Gasteiger charge is 2.52. The van der Waals surface area contributed by atoms with Gasteiger partial charge in [-0.25, -0.2) is 13.2 Å². The van der Waals surface area contributed by atoms with Crippen LogP contribution in [0.2, 0.25) is 0 Å². The van der Waals surface area contributed by atoms with Crippen LogP contribution in [0.3, 0.4) is 0 Å². The van der Waals surface area contributed by atoms with Gasteiger partial charge >= 0.3 is 6.18 Å². The van der Waals surface area contributed by atoms with Crippen LogP contribution < -0.4 is 11.1 Å². The van der Waals surface area contributed by atoms with Gasteiger partial charge in [0.1, 0.15) is 41.5 Å². The van der Waals surface area contributed by atoms with Gasteiger partial charge in [-0.1, -0.05) is 6.07 Å². The predicted octanol–water partition coefficient (Wildman–Crippen LogP) is 7.43. The largest absolute Gasteiger partial charge is 0.463 e. The monoisotopic (exact) mass is 751 g/mol. The normalized spacial score (nSPS) is 28.9. The first kappa shape index (κ1) is 35.1. The van der Waals surface area contributed by atoms with Crippen LogP contribution in [0.1, 0.15) is 55.0 Å². The van der Waals surface area contributed by atoms with Gasteiger partial charge in [0.2, 0.25) is 0 Å². The molecule has 5 aliphatic heterocycles. The minimum Gasteiger partial charge on any atom is -0.463 e. The van der Waals surface area contributed by atoms with Crippen LogP contribution in [0.25, 0.3) is 21.2 Å². The number of likely N-dealkylation sites (tertiary alicyclic amines) is 1. The van der Waals surface area contributed by atoms with Gasteiger partial charge < -0.3 is 20.7 Å². The number of nitrogens with zero attached hydrogens (tertiary/aromatic N) is 5. The summed E-state index contributed by atoms with van der Waals surface area (Å²) in [6, 6.07) is 4.05. The second-order valence-electron chi connectivity index (χ2n) is 14.4. The first-order chi connectivity index (χ1) is 24.6. The third-order valence-corrected chi connectivity index (χ3v) is 12.3. The zero-order chi connectivity index (χ0) is 36.9. The number of thiophene rings is 1. The van der Waals surface area contributed by atoms with Crippen LogP contribution in [0, 0.1) is 23.0 Å². The quantitative estimate of drug-likeness (QED) is 0.262. The third kappa shape index (κ3) is 5.52. The molecular formula is C35H33F8N7OS. The molecule has 17 heteroatoms. The lowest BCUT2D eigenvalue weighted by Crippen LogP contribution is -2.61. The smallest absolute Gasteiger partial charge is 0.417 e. The molecule has 1 aromatic heterocycles. The summed E-state index contributed by atoms with van der Waals surface area (Å²) in [6.07, 6.45) is -5.92. The first-order valence-corrected chi connectivity index (χ1v) is 17.7. The number of alkyl halides is 4. The number of hydrogen-bond donors (Lipinski definition) is 2. The number of rotatable bonds is 5. The average molecular weight is 752 g/mol. The van der Waals surface area contributed by atoms with Crippen LogP contribution in [0.15, 0.2) is 35.3 Å². The van der Waals surface area contributed by atoms with Crippen molar-refractivity contribution in [3.63, 3.8) is 0 Å². The number of halogens is 8. The van der Waals surface area contributed by atoms with Crippen LogP contribution in [-0.2, 0) is 10.9 Å². The number of nitrogens with two attached hydrogens (primary N) is 1. The number of fused-ring (bicyclic) bond motifs is 5.